The van der Waals surface area contributed by atoms with Gasteiger partial charge in [-0.05, 0) is 25.5 Å². The van der Waals surface area contributed by atoms with Crippen molar-refractivity contribution >= 4 is 17.3 Å². The Balaban J connectivity index is 2.81. The van der Waals surface area contributed by atoms with Crippen molar-refractivity contribution in [1.29, 1.82) is 0 Å². The zero-order valence-corrected chi connectivity index (χ0v) is 9.75. The highest BCUT2D eigenvalue weighted by Gasteiger charge is 2.07. The molecule has 0 saturated heterocycles. The summed E-state index contributed by atoms with van der Waals surface area (Å²) in [4.78, 5) is 11.5. The number of nitrogen functional groups attached to an aromatic ring is 1. The topological polar surface area (TPSA) is 64.4 Å². The molecule has 0 bridgehead atoms. The summed E-state index contributed by atoms with van der Waals surface area (Å²) in [6.45, 7) is 4.40. The number of hydrogen-bond donors (Lipinski definition) is 2. The molecule has 0 spiro atoms. The molecule has 0 heterocycles. The van der Waals surface area contributed by atoms with Crippen LogP contribution >= 0.6 is 0 Å². The van der Waals surface area contributed by atoms with Gasteiger partial charge in [-0.25, -0.2) is 0 Å². The lowest BCUT2D eigenvalue weighted by Crippen LogP contribution is -2.12. The summed E-state index contributed by atoms with van der Waals surface area (Å²) in [6.07, 6.45) is 1.33. The number of carbonyl (C=O) groups excluding carboxylic acids is 1. The van der Waals surface area contributed by atoms with Crippen molar-refractivity contribution in [2.24, 2.45) is 0 Å². The Labute approximate surface area is 95.8 Å². The molecule has 1 amide bonds. The molecule has 16 heavy (non-hydrogen) atoms. The van der Waals surface area contributed by atoms with Gasteiger partial charge in [0.1, 0.15) is 5.75 Å². The third-order valence-corrected chi connectivity index (χ3v) is 2.06. The van der Waals surface area contributed by atoms with Crippen LogP contribution < -0.4 is 15.8 Å². The molecule has 1 aromatic rings. The zero-order chi connectivity index (χ0) is 12.0. The summed E-state index contributed by atoms with van der Waals surface area (Å²) in [6, 6.07) is 5.21. The summed E-state index contributed by atoms with van der Waals surface area (Å²) < 4.78 is 5.40. The van der Waals surface area contributed by atoms with Gasteiger partial charge in [-0.3, -0.25) is 4.79 Å². The van der Waals surface area contributed by atoms with Crippen molar-refractivity contribution in [3.63, 3.8) is 0 Å². The highest BCUT2D eigenvalue weighted by atomic mass is 16.5. The Morgan fingerprint density at radius 3 is 2.81 bits per heavy atom. The van der Waals surface area contributed by atoms with Crippen LogP contribution in [0.4, 0.5) is 11.4 Å². The van der Waals surface area contributed by atoms with Crippen LogP contribution in [0.25, 0.3) is 0 Å². The molecule has 0 fully saturated rings. The van der Waals surface area contributed by atoms with Gasteiger partial charge in [-0.15, -0.1) is 0 Å². The van der Waals surface area contributed by atoms with E-state index in [1.165, 1.54) is 0 Å². The first kappa shape index (κ1) is 12.4. The maximum Gasteiger partial charge on any atom is 0.224 e. The van der Waals surface area contributed by atoms with E-state index in [2.05, 4.69) is 5.32 Å². The summed E-state index contributed by atoms with van der Waals surface area (Å²) in [5.41, 5.74) is 6.95. The predicted molar refractivity (Wildman–Crippen MR) is 65.6 cm³/mol. The number of ether oxygens (including phenoxy) is 1. The van der Waals surface area contributed by atoms with Crippen LogP contribution in [0.5, 0.6) is 5.75 Å². The summed E-state index contributed by atoms with van der Waals surface area (Å²) >= 11 is 0. The molecule has 0 aliphatic rings. The van der Waals surface area contributed by atoms with Crippen LogP contribution in [-0.2, 0) is 4.79 Å². The minimum atomic E-state index is -0.00627. The molecule has 88 valence electrons. The highest BCUT2D eigenvalue weighted by molar-refractivity contribution is 5.92. The Bertz CT molecular complexity index is 364. The average molecular weight is 222 g/mol. The fourth-order valence-electron chi connectivity index (χ4n) is 1.36. The van der Waals surface area contributed by atoms with Crippen molar-refractivity contribution in [1.82, 2.24) is 0 Å². The fraction of sp³-hybridized carbons (Fsp3) is 0.417. The molecule has 0 radical (unpaired) electrons. The van der Waals surface area contributed by atoms with Crippen LogP contribution in [0, 0.1) is 0 Å². The van der Waals surface area contributed by atoms with Gasteiger partial charge in [0.25, 0.3) is 0 Å². The standard InChI is InChI=1S/C12H18N2O2/c1-3-5-12(15)14-10-7-6-9(13)8-11(10)16-4-2/h6-8H,3-5,13H2,1-2H3,(H,14,15). The zero-order valence-electron chi connectivity index (χ0n) is 9.75. The molecule has 0 atom stereocenters. The first-order chi connectivity index (χ1) is 7.67. The number of hydrogen-bond acceptors (Lipinski definition) is 3. The fourth-order valence-corrected chi connectivity index (χ4v) is 1.36. The van der Waals surface area contributed by atoms with E-state index in [4.69, 9.17) is 10.5 Å². The van der Waals surface area contributed by atoms with Crippen molar-refractivity contribution in [2.45, 2.75) is 26.7 Å². The lowest BCUT2D eigenvalue weighted by molar-refractivity contribution is -0.116. The van der Waals surface area contributed by atoms with Gasteiger partial charge in [-0.1, -0.05) is 6.92 Å². The van der Waals surface area contributed by atoms with E-state index in [0.29, 0.717) is 30.2 Å². The normalized spacial score (nSPS) is 9.88. The predicted octanol–water partition coefficient (Wildman–Crippen LogP) is 2.41. The quantitative estimate of drug-likeness (QED) is 0.752. The first-order valence-corrected chi connectivity index (χ1v) is 5.49. The molecule has 3 N–H and O–H groups in total. The molecule has 0 aliphatic carbocycles. The van der Waals surface area contributed by atoms with E-state index in [1.807, 2.05) is 13.8 Å². The van der Waals surface area contributed by atoms with E-state index in [-0.39, 0.29) is 5.91 Å². The van der Waals surface area contributed by atoms with Gasteiger partial charge in [-0.2, -0.15) is 0 Å². The lowest BCUT2D eigenvalue weighted by Gasteiger charge is -2.11. The molecular weight excluding hydrogens is 204 g/mol. The number of benzene rings is 1. The summed E-state index contributed by atoms with van der Waals surface area (Å²) in [7, 11) is 0. The van der Waals surface area contributed by atoms with Gasteiger partial charge >= 0.3 is 0 Å². The Morgan fingerprint density at radius 1 is 1.44 bits per heavy atom. The van der Waals surface area contributed by atoms with Gasteiger partial charge in [0.2, 0.25) is 5.91 Å². The molecule has 1 rings (SSSR count). The molecule has 1 aromatic carbocycles. The minimum Gasteiger partial charge on any atom is -0.492 e. The molecule has 0 saturated carbocycles. The SMILES string of the molecule is CCCC(=O)Nc1ccc(N)cc1OCC. The molecule has 0 aromatic heterocycles. The third kappa shape index (κ3) is 3.46. The van der Waals surface area contributed by atoms with Crippen LogP contribution in [0.3, 0.4) is 0 Å². The monoisotopic (exact) mass is 222 g/mol. The maximum atomic E-state index is 11.5. The highest BCUT2D eigenvalue weighted by Crippen LogP contribution is 2.27. The van der Waals surface area contributed by atoms with Crippen LogP contribution in [0.2, 0.25) is 0 Å². The second kappa shape index (κ2) is 6.00. The van der Waals surface area contributed by atoms with Crippen molar-refractivity contribution in [3.05, 3.63) is 18.2 Å². The van der Waals surface area contributed by atoms with E-state index < -0.39 is 0 Å². The van der Waals surface area contributed by atoms with E-state index in [1.54, 1.807) is 18.2 Å². The van der Waals surface area contributed by atoms with Gasteiger partial charge < -0.3 is 15.8 Å². The molecular formula is C12H18N2O2. The van der Waals surface area contributed by atoms with Gasteiger partial charge in [0.15, 0.2) is 0 Å². The second-order valence-electron chi connectivity index (χ2n) is 3.49. The second-order valence-corrected chi connectivity index (χ2v) is 3.49. The number of nitrogens with two attached hydrogens (primary N) is 1. The van der Waals surface area contributed by atoms with E-state index in [0.717, 1.165) is 6.42 Å². The average Bonchev–Trinajstić information content (AvgIpc) is 2.23. The van der Waals surface area contributed by atoms with Gasteiger partial charge in [0, 0.05) is 18.2 Å². The largest absolute Gasteiger partial charge is 0.492 e. The number of amides is 1. The molecule has 0 unspecified atom stereocenters. The van der Waals surface area contributed by atoms with Gasteiger partial charge in [0.05, 0.1) is 12.3 Å². The summed E-state index contributed by atoms with van der Waals surface area (Å²) in [5, 5.41) is 2.80. The lowest BCUT2D eigenvalue weighted by atomic mass is 10.2. The number of nitrogens with one attached hydrogen (secondary N) is 1. The van der Waals surface area contributed by atoms with E-state index in [9.17, 15) is 4.79 Å². The molecule has 0 aliphatic heterocycles. The summed E-state index contributed by atoms with van der Waals surface area (Å²) in [5.74, 6) is 0.611. The van der Waals surface area contributed by atoms with Crippen LogP contribution in [-0.4, -0.2) is 12.5 Å². The smallest absolute Gasteiger partial charge is 0.224 e. The Kier molecular flexibility index (Phi) is 4.64. The van der Waals surface area contributed by atoms with Crippen molar-refractivity contribution < 1.29 is 9.53 Å². The van der Waals surface area contributed by atoms with Crippen LogP contribution in [0.1, 0.15) is 26.7 Å². The Hall–Kier alpha value is -1.71. The first-order valence-electron chi connectivity index (χ1n) is 5.49. The van der Waals surface area contributed by atoms with Crippen molar-refractivity contribution in [2.75, 3.05) is 17.7 Å². The molecule has 4 nitrogen and oxygen atoms in total. The molecule has 4 heteroatoms. The maximum absolute atomic E-state index is 11.5. The third-order valence-electron chi connectivity index (χ3n) is 2.06. The van der Waals surface area contributed by atoms with E-state index >= 15 is 0 Å². The van der Waals surface area contributed by atoms with Crippen molar-refractivity contribution in [3.8, 4) is 5.75 Å². The number of rotatable bonds is 5. The van der Waals surface area contributed by atoms with Crippen LogP contribution in [0.15, 0.2) is 18.2 Å². The minimum absolute atomic E-state index is 0.00627. The Morgan fingerprint density at radius 2 is 2.19 bits per heavy atom. The number of anilines is 2. The number of carbonyl (C=O) groups is 1.